The Morgan fingerprint density at radius 1 is 1.11 bits per heavy atom. The largest absolute Gasteiger partial charge is 0.494 e. The Bertz CT molecular complexity index is 868. The van der Waals surface area contributed by atoms with Gasteiger partial charge in [-0.2, -0.15) is 0 Å². The summed E-state index contributed by atoms with van der Waals surface area (Å²) in [5.41, 5.74) is 3.64. The number of nitrogens with zero attached hydrogens (tertiary/aromatic N) is 2. The van der Waals surface area contributed by atoms with E-state index in [-0.39, 0.29) is 11.7 Å². The van der Waals surface area contributed by atoms with E-state index in [0.29, 0.717) is 24.4 Å². The first kappa shape index (κ1) is 18.7. The molecule has 2 aliphatic rings. The molecule has 1 amide bonds. The summed E-state index contributed by atoms with van der Waals surface area (Å²) in [6, 6.07) is 7.93. The number of rotatable bonds is 6. The van der Waals surface area contributed by atoms with Crippen molar-refractivity contribution in [1.82, 2.24) is 14.8 Å². The highest BCUT2D eigenvalue weighted by Crippen LogP contribution is 2.24. The predicted molar refractivity (Wildman–Crippen MR) is 107 cm³/mol. The van der Waals surface area contributed by atoms with E-state index in [1.54, 1.807) is 12.3 Å². The van der Waals surface area contributed by atoms with E-state index in [2.05, 4.69) is 22.0 Å². The van der Waals surface area contributed by atoms with Crippen LogP contribution in [0.25, 0.3) is 0 Å². The highest BCUT2D eigenvalue weighted by Gasteiger charge is 2.23. The van der Waals surface area contributed by atoms with Crippen molar-refractivity contribution >= 4 is 11.7 Å². The van der Waals surface area contributed by atoms with Gasteiger partial charge in [-0.3, -0.25) is 14.5 Å². The molecule has 4 rings (SSSR count). The van der Waals surface area contributed by atoms with Gasteiger partial charge in [-0.1, -0.05) is 6.07 Å². The molecule has 0 spiro atoms. The molecule has 1 fully saturated rings. The topological polar surface area (TPSA) is 65.6 Å². The summed E-state index contributed by atoms with van der Waals surface area (Å²) in [5.74, 6) is 0.915. The predicted octanol–water partition coefficient (Wildman–Crippen LogP) is 2.89. The van der Waals surface area contributed by atoms with Crippen LogP contribution in [0, 0.1) is 0 Å². The van der Waals surface area contributed by atoms with Gasteiger partial charge in [0.2, 0.25) is 0 Å². The number of likely N-dealkylation sites (tertiary alicyclic amines) is 1. The zero-order valence-corrected chi connectivity index (χ0v) is 16.4. The summed E-state index contributed by atoms with van der Waals surface area (Å²) >= 11 is 0. The number of Topliss-reactive ketones (excluding diaryl/α,β-unsaturated/α-hetero) is 1. The first-order valence-electron chi connectivity index (χ1n) is 10.1. The van der Waals surface area contributed by atoms with E-state index in [1.165, 1.54) is 11.1 Å². The summed E-state index contributed by atoms with van der Waals surface area (Å²) < 4.78 is 5.60. The van der Waals surface area contributed by atoms with E-state index in [9.17, 15) is 9.59 Å². The lowest BCUT2D eigenvalue weighted by Gasteiger charge is -2.28. The van der Waals surface area contributed by atoms with Gasteiger partial charge in [-0.05, 0) is 55.5 Å². The fourth-order valence-electron chi connectivity index (χ4n) is 4.05. The van der Waals surface area contributed by atoms with Crippen molar-refractivity contribution in [3.8, 4) is 5.75 Å². The third kappa shape index (κ3) is 3.97. The molecule has 2 aliphatic heterocycles. The van der Waals surface area contributed by atoms with E-state index in [0.717, 1.165) is 51.2 Å². The van der Waals surface area contributed by atoms with Gasteiger partial charge >= 0.3 is 0 Å². The average Bonchev–Trinajstić information content (AvgIpc) is 3.40. The number of nitrogens with one attached hydrogen (secondary N) is 1. The maximum absolute atomic E-state index is 12.7. The van der Waals surface area contributed by atoms with Crippen LogP contribution < -0.4 is 4.74 Å². The number of hydrogen-bond donors (Lipinski definition) is 1. The van der Waals surface area contributed by atoms with Gasteiger partial charge < -0.3 is 14.6 Å². The lowest BCUT2D eigenvalue weighted by molar-refractivity contribution is 0.0787. The van der Waals surface area contributed by atoms with E-state index in [4.69, 9.17) is 4.74 Å². The molecular weight excluding hydrogens is 354 g/mol. The molecule has 0 radical (unpaired) electrons. The minimum absolute atomic E-state index is 0.00750. The number of carbonyl (C=O) groups excluding carboxylic acids is 2. The number of amides is 1. The van der Waals surface area contributed by atoms with Crippen LogP contribution in [-0.2, 0) is 13.0 Å². The summed E-state index contributed by atoms with van der Waals surface area (Å²) in [4.78, 5) is 32.2. The van der Waals surface area contributed by atoms with Gasteiger partial charge in [-0.25, -0.2) is 0 Å². The Kier molecular flexibility index (Phi) is 5.48. The van der Waals surface area contributed by atoms with E-state index in [1.807, 2.05) is 17.9 Å². The number of hydrogen-bond acceptors (Lipinski definition) is 4. The van der Waals surface area contributed by atoms with E-state index >= 15 is 0 Å². The number of carbonyl (C=O) groups is 2. The molecule has 6 nitrogen and oxygen atoms in total. The summed E-state index contributed by atoms with van der Waals surface area (Å²) in [6.07, 6.45) is 4.71. The molecule has 0 unspecified atom stereocenters. The Labute approximate surface area is 165 Å². The Hall–Kier alpha value is -2.60. The zero-order valence-electron chi connectivity index (χ0n) is 16.4. The van der Waals surface area contributed by atoms with Crippen LogP contribution in [0.1, 0.15) is 51.7 Å². The van der Waals surface area contributed by atoms with Crippen molar-refractivity contribution in [1.29, 1.82) is 0 Å². The van der Waals surface area contributed by atoms with Crippen LogP contribution in [-0.4, -0.2) is 59.3 Å². The van der Waals surface area contributed by atoms with Crippen molar-refractivity contribution in [2.24, 2.45) is 0 Å². The van der Waals surface area contributed by atoms with Gasteiger partial charge in [-0.15, -0.1) is 0 Å². The monoisotopic (exact) mass is 381 g/mol. The summed E-state index contributed by atoms with van der Waals surface area (Å²) in [6.45, 7) is 6.18. The number of H-pyrrole nitrogens is 1. The Morgan fingerprint density at radius 3 is 2.71 bits per heavy atom. The highest BCUT2D eigenvalue weighted by molar-refractivity contribution is 6.01. The van der Waals surface area contributed by atoms with Crippen LogP contribution in [0.3, 0.4) is 0 Å². The standard InChI is InChI=1S/C22H27N3O3/c1-2-28-19-6-5-16-7-10-24(14-18(16)11-19)15-21(26)17-12-20(23-13-17)22(27)25-8-3-4-9-25/h5-6,11-13,23H,2-4,7-10,14-15H2,1H3. The van der Waals surface area contributed by atoms with Gasteiger partial charge in [0.05, 0.1) is 13.2 Å². The molecule has 28 heavy (non-hydrogen) atoms. The molecule has 1 saturated heterocycles. The van der Waals surface area contributed by atoms with Crippen molar-refractivity contribution in [2.75, 3.05) is 32.8 Å². The molecule has 1 aromatic carbocycles. The highest BCUT2D eigenvalue weighted by atomic mass is 16.5. The van der Waals surface area contributed by atoms with Crippen molar-refractivity contribution < 1.29 is 14.3 Å². The minimum atomic E-state index is -0.00750. The summed E-state index contributed by atoms with van der Waals surface area (Å²) in [7, 11) is 0. The van der Waals surface area contributed by atoms with Gasteiger partial charge in [0.25, 0.3) is 5.91 Å². The fraction of sp³-hybridized carbons (Fsp3) is 0.455. The number of fused-ring (bicyclic) bond motifs is 1. The molecule has 2 aromatic rings. The maximum atomic E-state index is 12.7. The normalized spacial score (nSPS) is 16.8. The SMILES string of the molecule is CCOc1ccc2c(c1)CN(CC(=O)c1c[nH]c(C(=O)N3CCCC3)c1)CC2. The second kappa shape index (κ2) is 8.19. The van der Waals surface area contributed by atoms with Crippen molar-refractivity contribution in [3.63, 3.8) is 0 Å². The smallest absolute Gasteiger partial charge is 0.270 e. The molecule has 148 valence electrons. The maximum Gasteiger partial charge on any atom is 0.270 e. The number of ketones is 1. The number of benzene rings is 1. The molecule has 0 atom stereocenters. The number of ether oxygens (including phenoxy) is 1. The fourth-order valence-corrected chi connectivity index (χ4v) is 4.05. The van der Waals surface area contributed by atoms with Gasteiger partial charge in [0.15, 0.2) is 5.78 Å². The van der Waals surface area contributed by atoms with E-state index < -0.39 is 0 Å². The van der Waals surface area contributed by atoms with Crippen molar-refractivity contribution in [3.05, 3.63) is 52.8 Å². The van der Waals surface area contributed by atoms with Crippen LogP contribution in [0.15, 0.2) is 30.5 Å². The van der Waals surface area contributed by atoms with Crippen LogP contribution in [0.4, 0.5) is 0 Å². The van der Waals surface area contributed by atoms with Crippen LogP contribution in [0.5, 0.6) is 5.75 Å². The molecule has 3 heterocycles. The number of aromatic nitrogens is 1. The average molecular weight is 381 g/mol. The molecule has 1 aromatic heterocycles. The Morgan fingerprint density at radius 2 is 1.93 bits per heavy atom. The summed E-state index contributed by atoms with van der Waals surface area (Å²) in [5, 5.41) is 0. The van der Waals surface area contributed by atoms with Crippen LogP contribution in [0.2, 0.25) is 0 Å². The second-order valence-corrected chi connectivity index (χ2v) is 7.55. The first-order valence-corrected chi connectivity index (χ1v) is 10.1. The number of aromatic amines is 1. The lowest BCUT2D eigenvalue weighted by Crippen LogP contribution is -2.34. The lowest BCUT2D eigenvalue weighted by atomic mass is 9.99. The third-order valence-corrected chi connectivity index (χ3v) is 5.58. The molecule has 6 heteroatoms. The molecular formula is C22H27N3O3. The second-order valence-electron chi connectivity index (χ2n) is 7.55. The minimum Gasteiger partial charge on any atom is -0.494 e. The Balaban J connectivity index is 1.39. The van der Waals surface area contributed by atoms with Crippen molar-refractivity contribution in [2.45, 2.75) is 32.7 Å². The molecule has 1 N–H and O–H groups in total. The quantitative estimate of drug-likeness (QED) is 0.782. The van der Waals surface area contributed by atoms with Crippen LogP contribution >= 0.6 is 0 Å². The first-order chi connectivity index (χ1) is 13.6. The van der Waals surface area contributed by atoms with Gasteiger partial charge in [0.1, 0.15) is 11.4 Å². The zero-order chi connectivity index (χ0) is 19.5. The molecule has 0 bridgehead atoms. The third-order valence-electron chi connectivity index (χ3n) is 5.58. The van der Waals surface area contributed by atoms with Gasteiger partial charge in [0, 0.05) is 37.9 Å². The molecule has 0 aliphatic carbocycles. The molecule has 0 saturated carbocycles.